The van der Waals surface area contributed by atoms with Crippen molar-refractivity contribution in [3.8, 4) is 0 Å². The molecule has 0 bridgehead atoms. The summed E-state index contributed by atoms with van der Waals surface area (Å²) in [4.78, 5) is 39.9. The normalized spacial score (nSPS) is 13.9. The second kappa shape index (κ2) is 54.6. The fourth-order valence-corrected chi connectivity index (χ4v) is 10.1. The standard InChI is InChI=1S/C64H123N2O7P/c1-7-10-13-16-19-22-25-27-29-30-31-32-33-34-35-36-37-39-42-45-48-51-54-57-64(68)73-62(55-52-49-46-43-40-24-21-18-15-12-9-3)61(60-72-74(69,70)71-59-58-66(4,5)6)65-63(67)56-53-50-47-44-41-38-28-26-23-20-17-14-11-8-2/h27,29,38,41,52,55,61-62H,7-26,28,30-37,39-40,42-51,53-54,56-60H2,1-6H3,(H-,65,67,69,70)/b29-27+,41-38-,55-52-. The van der Waals surface area contributed by atoms with Gasteiger partial charge in [-0.25, -0.2) is 0 Å². The molecule has 9 nitrogen and oxygen atoms in total. The van der Waals surface area contributed by atoms with Gasteiger partial charge in [0.05, 0.1) is 33.8 Å². The molecule has 74 heavy (non-hydrogen) atoms. The van der Waals surface area contributed by atoms with Crippen LogP contribution in [0.5, 0.6) is 0 Å². The second-order valence-electron chi connectivity index (χ2n) is 22.9. The number of unbranched alkanes of at least 4 members (excludes halogenated alkanes) is 38. The van der Waals surface area contributed by atoms with Crippen molar-refractivity contribution < 1.29 is 37.3 Å². The van der Waals surface area contributed by atoms with Crippen molar-refractivity contribution in [3.63, 3.8) is 0 Å². The van der Waals surface area contributed by atoms with Crippen LogP contribution in [0.15, 0.2) is 36.5 Å². The van der Waals surface area contributed by atoms with Gasteiger partial charge in [0.1, 0.15) is 19.3 Å². The molecule has 0 aromatic carbocycles. The van der Waals surface area contributed by atoms with E-state index in [1.54, 1.807) is 0 Å². The topological polar surface area (TPSA) is 114 Å². The molecular formula is C64H123N2O7P. The number of ether oxygens (including phenoxy) is 1. The zero-order valence-corrected chi connectivity index (χ0v) is 50.7. The predicted octanol–water partition coefficient (Wildman–Crippen LogP) is 18.9. The molecular weight excluding hydrogens is 940 g/mol. The lowest BCUT2D eigenvalue weighted by molar-refractivity contribution is -0.870. The summed E-state index contributed by atoms with van der Waals surface area (Å²) in [7, 11) is 1.19. The van der Waals surface area contributed by atoms with Gasteiger partial charge < -0.3 is 28.5 Å². The first-order valence-corrected chi connectivity index (χ1v) is 33.3. The molecule has 0 rings (SSSR count). The molecule has 0 aliphatic rings. The van der Waals surface area contributed by atoms with Crippen molar-refractivity contribution in [1.82, 2.24) is 5.32 Å². The van der Waals surface area contributed by atoms with Crippen molar-refractivity contribution in [1.29, 1.82) is 0 Å². The molecule has 0 fully saturated rings. The van der Waals surface area contributed by atoms with Crippen LogP contribution in [0.25, 0.3) is 0 Å². The molecule has 0 aliphatic heterocycles. The van der Waals surface area contributed by atoms with Crippen LogP contribution in [0.2, 0.25) is 0 Å². The molecule has 10 heteroatoms. The minimum absolute atomic E-state index is 0.0231. The summed E-state index contributed by atoms with van der Waals surface area (Å²) in [5, 5.41) is 3.02. The van der Waals surface area contributed by atoms with Gasteiger partial charge in [-0.2, -0.15) is 0 Å². The van der Waals surface area contributed by atoms with Gasteiger partial charge in [0.15, 0.2) is 0 Å². The van der Waals surface area contributed by atoms with E-state index in [0.29, 0.717) is 17.4 Å². The Morgan fingerprint density at radius 3 is 1.16 bits per heavy atom. The minimum atomic E-state index is -4.70. The Labute approximate surface area is 459 Å². The smallest absolute Gasteiger partial charge is 0.306 e. The van der Waals surface area contributed by atoms with Gasteiger partial charge in [0, 0.05) is 12.8 Å². The molecule has 0 saturated heterocycles. The fourth-order valence-electron chi connectivity index (χ4n) is 9.34. The second-order valence-corrected chi connectivity index (χ2v) is 24.3. The third kappa shape index (κ3) is 55.0. The number of hydrogen-bond acceptors (Lipinski definition) is 7. The third-order valence-corrected chi connectivity index (χ3v) is 15.3. The lowest BCUT2D eigenvalue weighted by atomic mass is 10.0. The first kappa shape index (κ1) is 72.2. The number of nitrogens with one attached hydrogen (secondary N) is 1. The van der Waals surface area contributed by atoms with Gasteiger partial charge in [-0.1, -0.05) is 250 Å². The first-order valence-electron chi connectivity index (χ1n) is 31.8. The van der Waals surface area contributed by atoms with Crippen molar-refractivity contribution in [2.24, 2.45) is 0 Å². The monoisotopic (exact) mass is 1060 g/mol. The number of likely N-dealkylation sites (N-methyl/N-ethyl adjacent to an activating group) is 1. The summed E-state index contributed by atoms with van der Waals surface area (Å²) >= 11 is 0. The molecule has 0 radical (unpaired) electrons. The van der Waals surface area contributed by atoms with E-state index in [1.165, 1.54) is 205 Å². The van der Waals surface area contributed by atoms with Gasteiger partial charge in [0.2, 0.25) is 5.91 Å². The van der Waals surface area contributed by atoms with E-state index in [-0.39, 0.29) is 24.9 Å². The molecule has 0 heterocycles. The summed E-state index contributed by atoms with van der Waals surface area (Å²) in [5.74, 6) is -0.549. The Bertz CT molecular complexity index is 1360. The van der Waals surface area contributed by atoms with Crippen molar-refractivity contribution in [2.75, 3.05) is 40.9 Å². The molecule has 0 aromatic rings. The van der Waals surface area contributed by atoms with Gasteiger partial charge in [-0.15, -0.1) is 0 Å². The van der Waals surface area contributed by atoms with Crippen LogP contribution in [-0.2, 0) is 27.9 Å². The van der Waals surface area contributed by atoms with Crippen LogP contribution >= 0.6 is 7.82 Å². The minimum Gasteiger partial charge on any atom is -0.756 e. The predicted molar refractivity (Wildman–Crippen MR) is 316 cm³/mol. The number of phosphoric ester groups is 1. The maximum absolute atomic E-state index is 13.5. The van der Waals surface area contributed by atoms with Gasteiger partial charge in [-0.3, -0.25) is 14.2 Å². The van der Waals surface area contributed by atoms with Crippen LogP contribution < -0.4 is 10.2 Å². The van der Waals surface area contributed by atoms with E-state index < -0.39 is 26.6 Å². The lowest BCUT2D eigenvalue weighted by Gasteiger charge is -2.30. The molecule has 3 unspecified atom stereocenters. The van der Waals surface area contributed by atoms with E-state index in [2.05, 4.69) is 50.4 Å². The Hall–Kier alpha value is -1.77. The Balaban J connectivity index is 5.11. The number of phosphoric acid groups is 1. The SMILES string of the molecule is CCCCCCCC/C=C/CCCCCCCCCCCCCCCC(=O)OC(/C=C\CCCCCCCCCCC)C(COP(=O)([O-])OCC[N+](C)(C)C)NC(=O)CCCCC/C=C\CCCCCCCCC. The zero-order chi connectivity index (χ0) is 54.3. The van der Waals surface area contributed by atoms with Crippen LogP contribution in [0.4, 0.5) is 0 Å². The number of nitrogens with zero attached hydrogens (tertiary/aromatic N) is 1. The lowest BCUT2D eigenvalue weighted by Crippen LogP contribution is -2.47. The van der Waals surface area contributed by atoms with Crippen molar-refractivity contribution >= 4 is 19.7 Å². The van der Waals surface area contributed by atoms with Crippen LogP contribution in [0.3, 0.4) is 0 Å². The van der Waals surface area contributed by atoms with E-state index in [9.17, 15) is 19.0 Å². The van der Waals surface area contributed by atoms with Gasteiger partial charge >= 0.3 is 5.97 Å². The number of esters is 1. The average molecular weight is 1060 g/mol. The van der Waals surface area contributed by atoms with E-state index >= 15 is 0 Å². The summed E-state index contributed by atoms with van der Waals surface area (Å²) < 4.78 is 30.3. The molecule has 0 aliphatic carbocycles. The highest BCUT2D eigenvalue weighted by molar-refractivity contribution is 7.45. The maximum Gasteiger partial charge on any atom is 0.306 e. The number of carbonyl (C=O) groups is 2. The molecule has 436 valence electrons. The number of amides is 1. The van der Waals surface area contributed by atoms with Gasteiger partial charge in [-0.05, 0) is 83.1 Å². The Morgan fingerprint density at radius 2 is 0.784 bits per heavy atom. The Kier molecular flexibility index (Phi) is 53.3. The summed E-state index contributed by atoms with van der Waals surface area (Å²) in [5.41, 5.74) is 0. The zero-order valence-electron chi connectivity index (χ0n) is 49.8. The number of quaternary nitrogens is 1. The number of carbonyl (C=O) groups excluding carboxylic acids is 2. The van der Waals surface area contributed by atoms with Crippen molar-refractivity contribution in [3.05, 3.63) is 36.5 Å². The summed E-state index contributed by atoms with van der Waals surface area (Å²) in [6, 6.07) is -0.892. The fraction of sp³-hybridized carbons (Fsp3) is 0.875. The maximum atomic E-state index is 13.5. The highest BCUT2D eigenvalue weighted by atomic mass is 31.2. The number of hydrogen-bond donors (Lipinski definition) is 1. The third-order valence-electron chi connectivity index (χ3n) is 14.3. The van der Waals surface area contributed by atoms with Gasteiger partial charge in [0.25, 0.3) is 7.82 Å². The highest BCUT2D eigenvalue weighted by Gasteiger charge is 2.27. The quantitative estimate of drug-likeness (QED) is 0.0212. The molecule has 0 aromatic heterocycles. The van der Waals surface area contributed by atoms with E-state index in [1.807, 2.05) is 33.3 Å². The number of rotatable bonds is 58. The van der Waals surface area contributed by atoms with E-state index in [0.717, 1.165) is 70.6 Å². The summed E-state index contributed by atoms with van der Waals surface area (Å²) in [6.07, 6.45) is 65.5. The highest BCUT2D eigenvalue weighted by Crippen LogP contribution is 2.38. The largest absolute Gasteiger partial charge is 0.756 e. The number of allylic oxidation sites excluding steroid dienone is 5. The molecule has 3 atom stereocenters. The van der Waals surface area contributed by atoms with Crippen LogP contribution in [0.1, 0.15) is 310 Å². The molecule has 0 saturated carbocycles. The Morgan fingerprint density at radius 1 is 0.459 bits per heavy atom. The first-order chi connectivity index (χ1) is 35.9. The van der Waals surface area contributed by atoms with Crippen LogP contribution in [0, 0.1) is 0 Å². The van der Waals surface area contributed by atoms with Crippen molar-refractivity contribution in [2.45, 2.75) is 322 Å². The molecule has 1 amide bonds. The molecule has 0 spiro atoms. The van der Waals surface area contributed by atoms with Crippen LogP contribution in [-0.4, -0.2) is 69.4 Å². The average Bonchev–Trinajstić information content (AvgIpc) is 3.36. The summed E-state index contributed by atoms with van der Waals surface area (Å²) in [6.45, 7) is 6.85. The van der Waals surface area contributed by atoms with E-state index in [4.69, 9.17) is 13.8 Å². The molecule has 1 N–H and O–H groups in total.